The number of oxazole rings is 1. The number of carbonyl (C=O) groups is 2. The van der Waals surface area contributed by atoms with Crippen LogP contribution in [-0.4, -0.2) is 38.4 Å². The first kappa shape index (κ1) is 15.9. The van der Waals surface area contributed by atoms with Crippen LogP contribution in [0.1, 0.15) is 65.2 Å². The summed E-state index contributed by atoms with van der Waals surface area (Å²) in [6.45, 7) is 4.81. The van der Waals surface area contributed by atoms with E-state index in [0.717, 1.165) is 25.2 Å². The van der Waals surface area contributed by atoms with Gasteiger partial charge in [0.05, 0.1) is 12.1 Å². The van der Waals surface area contributed by atoms with E-state index in [-0.39, 0.29) is 29.8 Å². The summed E-state index contributed by atoms with van der Waals surface area (Å²) in [5, 5.41) is 5.82. The van der Waals surface area contributed by atoms with Gasteiger partial charge in [0.1, 0.15) is 17.3 Å². The van der Waals surface area contributed by atoms with Gasteiger partial charge >= 0.3 is 0 Å². The zero-order chi connectivity index (χ0) is 17.6. The molecule has 132 valence electrons. The molecule has 1 aliphatic heterocycles. The molecule has 2 amide bonds. The number of nitrogens with one attached hydrogen (secondary N) is 2. The summed E-state index contributed by atoms with van der Waals surface area (Å²) in [6.07, 6.45) is 5.80. The van der Waals surface area contributed by atoms with Crippen molar-refractivity contribution < 1.29 is 14.0 Å². The van der Waals surface area contributed by atoms with E-state index in [1.807, 2.05) is 18.4 Å². The van der Waals surface area contributed by atoms with Crippen LogP contribution < -0.4 is 10.6 Å². The summed E-state index contributed by atoms with van der Waals surface area (Å²) < 4.78 is 7.30. The van der Waals surface area contributed by atoms with Crippen molar-refractivity contribution in [2.75, 3.05) is 0 Å². The minimum atomic E-state index is -0.264. The van der Waals surface area contributed by atoms with E-state index >= 15 is 0 Å². The zero-order valence-electron chi connectivity index (χ0n) is 14.3. The monoisotopic (exact) mass is 343 g/mol. The summed E-state index contributed by atoms with van der Waals surface area (Å²) in [4.78, 5) is 33.0. The third-order valence-corrected chi connectivity index (χ3v) is 4.65. The van der Waals surface area contributed by atoms with E-state index < -0.39 is 0 Å². The van der Waals surface area contributed by atoms with Gasteiger partial charge in [-0.25, -0.2) is 9.97 Å². The van der Waals surface area contributed by atoms with Crippen LogP contribution in [0.3, 0.4) is 0 Å². The molecule has 0 aromatic carbocycles. The number of hydrogen-bond acceptors (Lipinski definition) is 5. The first-order valence-corrected chi connectivity index (χ1v) is 8.64. The lowest BCUT2D eigenvalue weighted by molar-refractivity contribution is 0.0920. The van der Waals surface area contributed by atoms with Crippen molar-refractivity contribution in [1.29, 1.82) is 0 Å². The molecular formula is C17H21N5O3. The third kappa shape index (κ3) is 3.04. The van der Waals surface area contributed by atoms with E-state index in [4.69, 9.17) is 4.42 Å². The Balaban J connectivity index is 1.32. The van der Waals surface area contributed by atoms with E-state index in [1.54, 1.807) is 6.20 Å². The van der Waals surface area contributed by atoms with E-state index in [2.05, 4.69) is 20.6 Å². The molecule has 2 atom stereocenters. The maximum absolute atomic E-state index is 12.3. The molecule has 2 aromatic heterocycles. The predicted molar refractivity (Wildman–Crippen MR) is 88.3 cm³/mol. The fourth-order valence-corrected chi connectivity index (χ4v) is 3.19. The van der Waals surface area contributed by atoms with Gasteiger partial charge in [0.25, 0.3) is 11.8 Å². The van der Waals surface area contributed by atoms with Gasteiger partial charge in [0, 0.05) is 25.1 Å². The Bertz CT molecular complexity index is 801. The summed E-state index contributed by atoms with van der Waals surface area (Å²) in [5.74, 6) is 1.18. The molecule has 1 fully saturated rings. The van der Waals surface area contributed by atoms with Crippen LogP contribution in [0.15, 0.2) is 17.0 Å². The average molecular weight is 343 g/mol. The molecule has 1 saturated carbocycles. The molecule has 0 spiro atoms. The largest absolute Gasteiger partial charge is 0.447 e. The highest BCUT2D eigenvalue weighted by Crippen LogP contribution is 2.24. The minimum Gasteiger partial charge on any atom is -0.447 e. The summed E-state index contributed by atoms with van der Waals surface area (Å²) in [7, 11) is 0. The molecule has 2 aromatic rings. The van der Waals surface area contributed by atoms with Gasteiger partial charge in [-0.05, 0) is 12.8 Å². The van der Waals surface area contributed by atoms with Crippen LogP contribution in [-0.2, 0) is 13.0 Å². The average Bonchev–Trinajstić information content (AvgIpc) is 3.02. The molecule has 0 saturated heterocycles. The highest BCUT2D eigenvalue weighted by molar-refractivity contribution is 5.95. The number of imidazole rings is 1. The Morgan fingerprint density at radius 2 is 2.04 bits per heavy atom. The number of aryl methyl sites for hydroxylation is 2. The highest BCUT2D eigenvalue weighted by atomic mass is 16.3. The maximum Gasteiger partial charge on any atom is 0.273 e. The molecule has 25 heavy (non-hydrogen) atoms. The summed E-state index contributed by atoms with van der Waals surface area (Å²) >= 11 is 0. The van der Waals surface area contributed by atoms with Gasteiger partial charge in [-0.15, -0.1) is 0 Å². The quantitative estimate of drug-likeness (QED) is 0.850. The number of fused-ring (bicyclic) bond motifs is 1. The van der Waals surface area contributed by atoms with Gasteiger partial charge in [0.2, 0.25) is 0 Å². The number of carbonyl (C=O) groups excluding carboxylic acids is 2. The van der Waals surface area contributed by atoms with Crippen LogP contribution in [0.5, 0.6) is 0 Å². The van der Waals surface area contributed by atoms with Crippen LogP contribution in [0, 0.1) is 0 Å². The number of nitrogens with zero attached hydrogens (tertiary/aromatic N) is 3. The second-order valence-corrected chi connectivity index (χ2v) is 6.95. The van der Waals surface area contributed by atoms with Crippen molar-refractivity contribution in [1.82, 2.24) is 25.2 Å². The number of hydrogen-bond donors (Lipinski definition) is 2. The second-order valence-electron chi connectivity index (χ2n) is 6.95. The molecule has 1 aliphatic carbocycles. The lowest BCUT2D eigenvalue weighted by Crippen LogP contribution is -2.35. The Morgan fingerprint density at radius 3 is 2.76 bits per heavy atom. The molecule has 0 radical (unpaired) electrons. The fraction of sp³-hybridized carbons (Fsp3) is 0.529. The van der Waals surface area contributed by atoms with Crippen molar-refractivity contribution in [2.45, 2.75) is 57.7 Å². The van der Waals surface area contributed by atoms with Gasteiger partial charge < -0.3 is 19.6 Å². The van der Waals surface area contributed by atoms with Crippen molar-refractivity contribution >= 4 is 11.8 Å². The minimum absolute atomic E-state index is 0.0672. The van der Waals surface area contributed by atoms with Crippen molar-refractivity contribution in [3.8, 4) is 0 Å². The Kier molecular flexibility index (Phi) is 3.82. The van der Waals surface area contributed by atoms with Crippen LogP contribution in [0.25, 0.3) is 0 Å². The first-order chi connectivity index (χ1) is 12.0. The van der Waals surface area contributed by atoms with Crippen LogP contribution in [0.4, 0.5) is 0 Å². The Morgan fingerprint density at radius 1 is 1.28 bits per heavy atom. The second kappa shape index (κ2) is 6.02. The Labute approximate surface area is 145 Å². The third-order valence-electron chi connectivity index (χ3n) is 4.65. The van der Waals surface area contributed by atoms with Crippen LogP contribution >= 0.6 is 0 Å². The molecule has 0 bridgehead atoms. The molecule has 2 N–H and O–H groups in total. The molecule has 8 nitrogen and oxygen atoms in total. The molecular weight excluding hydrogens is 322 g/mol. The van der Waals surface area contributed by atoms with Gasteiger partial charge in [-0.2, -0.15) is 0 Å². The van der Waals surface area contributed by atoms with E-state index in [9.17, 15) is 9.59 Å². The standard InChI is InChI=1S/C17H21N5O3/c1-9(2)15-14(18-8-25-15)17(24)21-11-6-10(11)20-16(23)12-7-22-5-3-4-13(22)19-12/h7-11H,3-6H2,1-2H3,(H,20,23)(H,21,24)/t10-,11-/m1/s1. The van der Waals surface area contributed by atoms with Crippen molar-refractivity contribution in [3.63, 3.8) is 0 Å². The molecule has 4 rings (SSSR count). The molecule has 3 heterocycles. The predicted octanol–water partition coefficient (Wildman–Crippen LogP) is 1.24. The SMILES string of the molecule is CC(C)c1ocnc1C(=O)N[C@@H]1C[C@H]1NC(=O)c1cn2c(n1)CCC2. The number of amides is 2. The molecule has 8 heteroatoms. The van der Waals surface area contributed by atoms with Gasteiger partial charge in [-0.3, -0.25) is 9.59 Å². The zero-order valence-corrected chi connectivity index (χ0v) is 14.3. The molecule has 0 unspecified atom stereocenters. The number of rotatable bonds is 5. The van der Waals surface area contributed by atoms with Crippen molar-refractivity contribution in [2.24, 2.45) is 0 Å². The smallest absolute Gasteiger partial charge is 0.273 e. The van der Waals surface area contributed by atoms with Gasteiger partial charge in [0.15, 0.2) is 12.1 Å². The van der Waals surface area contributed by atoms with E-state index in [0.29, 0.717) is 23.6 Å². The molecule has 2 aliphatic rings. The Hall–Kier alpha value is -2.64. The fourth-order valence-electron chi connectivity index (χ4n) is 3.19. The lowest BCUT2D eigenvalue weighted by atomic mass is 10.1. The summed E-state index contributed by atoms with van der Waals surface area (Å²) in [6, 6.07) is -0.148. The lowest BCUT2D eigenvalue weighted by Gasteiger charge is -2.06. The topological polar surface area (TPSA) is 102 Å². The summed E-state index contributed by atoms with van der Waals surface area (Å²) in [5.41, 5.74) is 0.766. The first-order valence-electron chi connectivity index (χ1n) is 8.64. The maximum atomic E-state index is 12.3. The van der Waals surface area contributed by atoms with Crippen molar-refractivity contribution in [3.05, 3.63) is 35.6 Å². The van der Waals surface area contributed by atoms with Crippen LogP contribution in [0.2, 0.25) is 0 Å². The van der Waals surface area contributed by atoms with E-state index in [1.165, 1.54) is 6.39 Å². The highest BCUT2D eigenvalue weighted by Gasteiger charge is 2.41. The number of aromatic nitrogens is 3. The van der Waals surface area contributed by atoms with Gasteiger partial charge in [-0.1, -0.05) is 13.8 Å². The normalized spacial score (nSPS) is 21.2.